The van der Waals surface area contributed by atoms with E-state index in [2.05, 4.69) is 60.8 Å². The van der Waals surface area contributed by atoms with Crippen LogP contribution in [-0.4, -0.2) is 61.1 Å². The molecule has 0 unspecified atom stereocenters. The summed E-state index contributed by atoms with van der Waals surface area (Å²) in [6.07, 6.45) is 3.27. The lowest BCUT2D eigenvalue weighted by Gasteiger charge is -2.33. The standard InChI is InChI=1S/C33H55N5O4S/c1-11-20-43-29-38-37-26(42-29)24-12-14-25(15-13-24)36-28(40)33(8,9)21-32(6,7)27(39)35-19-17-31(4,5)23-41-22-30(2,3)16-18-34-10/h12-15,34H,11,16-23H2,1-10H3,(H,35,39)(H,36,40). The van der Waals surface area contributed by atoms with Crippen molar-refractivity contribution in [1.29, 1.82) is 0 Å². The molecule has 0 aliphatic heterocycles. The van der Waals surface area contributed by atoms with Crippen LogP contribution in [0.3, 0.4) is 0 Å². The Balaban J connectivity index is 1.85. The number of amides is 2. The lowest BCUT2D eigenvalue weighted by Crippen LogP contribution is -2.44. The Morgan fingerprint density at radius 3 is 2.02 bits per heavy atom. The minimum absolute atomic E-state index is 0.0568. The fourth-order valence-corrected chi connectivity index (χ4v) is 5.42. The summed E-state index contributed by atoms with van der Waals surface area (Å²) in [4.78, 5) is 26.4. The molecule has 1 aromatic carbocycles. The first-order valence-corrected chi connectivity index (χ1v) is 16.4. The second-order valence-electron chi connectivity index (χ2n) is 14.4. The molecule has 0 atom stereocenters. The summed E-state index contributed by atoms with van der Waals surface area (Å²) in [6.45, 7) is 21.3. The van der Waals surface area contributed by atoms with Crippen LogP contribution in [0.25, 0.3) is 11.5 Å². The van der Waals surface area contributed by atoms with E-state index in [4.69, 9.17) is 9.15 Å². The van der Waals surface area contributed by atoms with Crippen molar-refractivity contribution in [1.82, 2.24) is 20.8 Å². The number of nitrogens with one attached hydrogen (secondary N) is 3. The van der Waals surface area contributed by atoms with Gasteiger partial charge in [0, 0.05) is 34.4 Å². The fraction of sp³-hybridized carbons (Fsp3) is 0.697. The molecule has 2 amide bonds. The van der Waals surface area contributed by atoms with Crippen LogP contribution in [0, 0.1) is 21.7 Å². The molecule has 3 N–H and O–H groups in total. The van der Waals surface area contributed by atoms with Gasteiger partial charge in [0.25, 0.3) is 5.22 Å². The molecule has 2 rings (SSSR count). The molecule has 10 heteroatoms. The Kier molecular flexibility index (Phi) is 13.7. The predicted octanol–water partition coefficient (Wildman–Crippen LogP) is 6.80. The smallest absolute Gasteiger partial charge is 0.276 e. The number of ether oxygens (including phenoxy) is 1. The first-order valence-electron chi connectivity index (χ1n) is 15.4. The number of carbonyl (C=O) groups excluding carboxylic acids is 2. The lowest BCUT2D eigenvalue weighted by atomic mass is 9.74. The maximum absolute atomic E-state index is 13.3. The van der Waals surface area contributed by atoms with Crippen LogP contribution in [0.1, 0.15) is 88.0 Å². The number of rotatable bonds is 19. The number of anilines is 1. The van der Waals surface area contributed by atoms with Crippen LogP contribution in [0.4, 0.5) is 5.69 Å². The molecule has 0 saturated carbocycles. The molecule has 0 radical (unpaired) electrons. The Morgan fingerprint density at radius 2 is 1.44 bits per heavy atom. The van der Waals surface area contributed by atoms with Crippen molar-refractivity contribution in [3.8, 4) is 11.5 Å². The average Bonchev–Trinajstić information content (AvgIpc) is 3.39. The monoisotopic (exact) mass is 617 g/mol. The van der Waals surface area contributed by atoms with E-state index in [9.17, 15) is 9.59 Å². The quantitative estimate of drug-likeness (QED) is 0.147. The molecule has 0 saturated heterocycles. The maximum atomic E-state index is 13.3. The van der Waals surface area contributed by atoms with Crippen molar-refractivity contribution in [2.45, 2.75) is 93.2 Å². The third kappa shape index (κ3) is 12.6. The molecule has 0 aliphatic carbocycles. The highest BCUT2D eigenvalue weighted by atomic mass is 32.2. The van der Waals surface area contributed by atoms with Gasteiger partial charge in [0.05, 0.1) is 13.2 Å². The van der Waals surface area contributed by atoms with Gasteiger partial charge in [-0.1, -0.05) is 74.1 Å². The van der Waals surface area contributed by atoms with Gasteiger partial charge in [0.2, 0.25) is 17.7 Å². The van der Waals surface area contributed by atoms with Crippen LogP contribution in [-0.2, 0) is 14.3 Å². The van der Waals surface area contributed by atoms with E-state index in [0.717, 1.165) is 37.1 Å². The molecule has 0 fully saturated rings. The van der Waals surface area contributed by atoms with Crippen LogP contribution in [0.2, 0.25) is 0 Å². The topological polar surface area (TPSA) is 118 Å². The Labute approximate surface area is 263 Å². The zero-order valence-corrected chi connectivity index (χ0v) is 28.9. The Hall–Kier alpha value is -2.43. The summed E-state index contributed by atoms with van der Waals surface area (Å²) in [5.74, 6) is 1.17. The van der Waals surface area contributed by atoms with E-state index in [1.165, 1.54) is 11.8 Å². The largest absolute Gasteiger partial charge is 0.411 e. The van der Waals surface area contributed by atoms with Crippen LogP contribution >= 0.6 is 11.8 Å². The summed E-state index contributed by atoms with van der Waals surface area (Å²) >= 11 is 1.53. The van der Waals surface area contributed by atoms with Crippen LogP contribution in [0.15, 0.2) is 33.9 Å². The highest BCUT2D eigenvalue weighted by Crippen LogP contribution is 2.35. The minimum atomic E-state index is -0.773. The number of aromatic nitrogens is 2. The van der Waals surface area contributed by atoms with E-state index in [1.54, 1.807) is 0 Å². The molecule has 0 aliphatic rings. The van der Waals surface area contributed by atoms with Crippen molar-refractivity contribution in [3.05, 3.63) is 24.3 Å². The van der Waals surface area contributed by atoms with Gasteiger partial charge < -0.3 is 25.1 Å². The van der Waals surface area contributed by atoms with Crippen LogP contribution in [0.5, 0.6) is 0 Å². The summed E-state index contributed by atoms with van der Waals surface area (Å²) in [5.41, 5.74) is 0.00371. The molecule has 0 spiro atoms. The summed E-state index contributed by atoms with van der Waals surface area (Å²) in [6, 6.07) is 7.33. The molecule has 43 heavy (non-hydrogen) atoms. The SMILES string of the molecule is CCCSc1nnc(-c2ccc(NC(=O)C(C)(C)CC(C)(C)C(=O)NCCC(C)(C)COCC(C)(C)CCNC)cc2)o1. The highest BCUT2D eigenvalue weighted by molar-refractivity contribution is 7.99. The molecule has 1 aromatic heterocycles. The van der Waals surface area contributed by atoms with Gasteiger partial charge in [-0.15, -0.1) is 10.2 Å². The van der Waals surface area contributed by atoms with Gasteiger partial charge in [-0.2, -0.15) is 0 Å². The van der Waals surface area contributed by atoms with Crippen molar-refractivity contribution < 1.29 is 18.7 Å². The van der Waals surface area contributed by atoms with E-state index in [1.807, 2.05) is 59.0 Å². The third-order valence-corrected chi connectivity index (χ3v) is 8.49. The summed E-state index contributed by atoms with van der Waals surface area (Å²) in [5, 5.41) is 18.1. The second kappa shape index (κ2) is 16.0. The maximum Gasteiger partial charge on any atom is 0.276 e. The van der Waals surface area contributed by atoms with E-state index < -0.39 is 10.8 Å². The molecular formula is C33H55N5O4S. The third-order valence-electron chi connectivity index (χ3n) is 7.46. The lowest BCUT2D eigenvalue weighted by molar-refractivity contribution is -0.133. The first kappa shape index (κ1) is 36.8. The van der Waals surface area contributed by atoms with Gasteiger partial charge >= 0.3 is 0 Å². The molecular weight excluding hydrogens is 562 g/mol. The molecule has 1 heterocycles. The number of hydrogen-bond acceptors (Lipinski definition) is 8. The number of thioether (sulfide) groups is 1. The number of carbonyl (C=O) groups is 2. The predicted molar refractivity (Wildman–Crippen MR) is 176 cm³/mol. The van der Waals surface area contributed by atoms with Crippen molar-refractivity contribution in [3.63, 3.8) is 0 Å². The van der Waals surface area contributed by atoms with Gasteiger partial charge in [-0.25, -0.2) is 0 Å². The molecule has 0 bridgehead atoms. The Morgan fingerprint density at radius 1 is 0.860 bits per heavy atom. The molecule has 242 valence electrons. The van der Waals surface area contributed by atoms with Crippen molar-refractivity contribution >= 4 is 29.3 Å². The summed E-state index contributed by atoms with van der Waals surface area (Å²) < 4.78 is 11.8. The van der Waals surface area contributed by atoms with Gasteiger partial charge in [0.1, 0.15) is 0 Å². The Bertz CT molecular complexity index is 1160. The van der Waals surface area contributed by atoms with Crippen molar-refractivity contribution in [2.24, 2.45) is 21.7 Å². The second-order valence-corrected chi connectivity index (χ2v) is 15.4. The minimum Gasteiger partial charge on any atom is -0.411 e. The van der Waals surface area contributed by atoms with Crippen molar-refractivity contribution in [2.75, 3.05) is 44.4 Å². The van der Waals surface area contributed by atoms with E-state index in [-0.39, 0.29) is 22.6 Å². The molecule has 9 nitrogen and oxygen atoms in total. The zero-order valence-electron chi connectivity index (χ0n) is 28.1. The normalized spacial score (nSPS) is 12.8. The van der Waals surface area contributed by atoms with Gasteiger partial charge in [-0.3, -0.25) is 9.59 Å². The molecule has 2 aromatic rings. The summed E-state index contributed by atoms with van der Waals surface area (Å²) in [7, 11) is 1.97. The number of nitrogens with zero attached hydrogens (tertiary/aromatic N) is 2. The first-order chi connectivity index (χ1) is 20.0. The van der Waals surface area contributed by atoms with Gasteiger partial charge in [0.15, 0.2) is 0 Å². The number of benzene rings is 1. The van der Waals surface area contributed by atoms with E-state index >= 15 is 0 Å². The highest BCUT2D eigenvalue weighted by Gasteiger charge is 2.39. The zero-order chi connectivity index (χ0) is 32.3. The van der Waals surface area contributed by atoms with Gasteiger partial charge in [-0.05, 0) is 74.4 Å². The van der Waals surface area contributed by atoms with Crippen LogP contribution < -0.4 is 16.0 Å². The van der Waals surface area contributed by atoms with E-state index in [0.29, 0.717) is 43.0 Å². The fourth-order valence-electron chi connectivity index (χ4n) is 4.80. The number of hydrogen-bond donors (Lipinski definition) is 3. The average molecular weight is 618 g/mol.